The quantitative estimate of drug-likeness (QED) is 0.449. The molecule has 0 radical (unpaired) electrons. The van der Waals surface area contributed by atoms with Gasteiger partial charge in [0.2, 0.25) is 17.6 Å². The van der Waals surface area contributed by atoms with Gasteiger partial charge in [0.15, 0.2) is 11.6 Å². The van der Waals surface area contributed by atoms with Crippen molar-refractivity contribution in [3.05, 3.63) is 65.0 Å². The lowest BCUT2D eigenvalue weighted by Gasteiger charge is -2.26. The van der Waals surface area contributed by atoms with E-state index in [0.29, 0.717) is 48.4 Å². The standard InChI is InChI=1S/C24H23F2N3O6/c1-33-20-11-21(34-16-5-3-14(4-6-16)24(31)32)27-12-15(20)10-19(30)23-29-28-22(35-23)9-13-2-7-17(25)18(26)8-13/h2,7-8,11-12,14,16H,3-6,9-10H2,1H3,(H,31,32). The van der Waals surface area contributed by atoms with Crippen LogP contribution in [-0.4, -0.2) is 45.3 Å². The smallest absolute Gasteiger partial charge is 0.306 e. The average Bonchev–Trinajstić information content (AvgIpc) is 3.31. The summed E-state index contributed by atoms with van der Waals surface area (Å²) in [5.41, 5.74) is 0.907. The number of ether oxygens (including phenoxy) is 2. The summed E-state index contributed by atoms with van der Waals surface area (Å²) in [6.07, 6.45) is 3.58. The first kappa shape index (κ1) is 24.2. The van der Waals surface area contributed by atoms with Crippen LogP contribution in [0.4, 0.5) is 8.78 Å². The maximum Gasteiger partial charge on any atom is 0.306 e. The van der Waals surface area contributed by atoms with E-state index in [1.54, 1.807) is 6.07 Å². The molecule has 4 rings (SSSR count). The monoisotopic (exact) mass is 487 g/mol. The summed E-state index contributed by atoms with van der Waals surface area (Å²) in [6, 6.07) is 5.00. The van der Waals surface area contributed by atoms with Crippen LogP contribution < -0.4 is 9.47 Å². The second-order valence-electron chi connectivity index (χ2n) is 8.29. The lowest BCUT2D eigenvalue weighted by atomic mass is 9.87. The number of nitrogens with zero attached hydrogens (tertiary/aromatic N) is 3. The maximum atomic E-state index is 13.4. The maximum absolute atomic E-state index is 13.4. The van der Waals surface area contributed by atoms with Gasteiger partial charge in [-0.25, -0.2) is 13.8 Å². The Kier molecular flexibility index (Phi) is 7.33. The number of carbonyl (C=O) groups is 2. The van der Waals surface area contributed by atoms with E-state index in [1.165, 1.54) is 19.4 Å². The third kappa shape index (κ3) is 5.97. The number of hydrogen-bond donors (Lipinski definition) is 1. The molecule has 1 fully saturated rings. The van der Waals surface area contributed by atoms with Crippen LogP contribution in [0.2, 0.25) is 0 Å². The fourth-order valence-corrected chi connectivity index (χ4v) is 3.94. The highest BCUT2D eigenvalue weighted by Crippen LogP contribution is 2.29. The van der Waals surface area contributed by atoms with Gasteiger partial charge in [0.1, 0.15) is 11.9 Å². The van der Waals surface area contributed by atoms with Gasteiger partial charge < -0.3 is 19.0 Å². The Morgan fingerprint density at radius 3 is 2.57 bits per heavy atom. The van der Waals surface area contributed by atoms with Gasteiger partial charge in [-0.15, -0.1) is 10.2 Å². The van der Waals surface area contributed by atoms with Gasteiger partial charge in [-0.05, 0) is 43.4 Å². The molecule has 0 amide bonds. The van der Waals surface area contributed by atoms with Crippen LogP contribution in [-0.2, 0) is 17.6 Å². The summed E-state index contributed by atoms with van der Waals surface area (Å²) in [7, 11) is 1.46. The van der Waals surface area contributed by atoms with Crippen LogP contribution in [0.1, 0.15) is 53.4 Å². The molecule has 0 unspecified atom stereocenters. The number of pyridine rings is 1. The third-order valence-electron chi connectivity index (χ3n) is 5.85. The zero-order valence-corrected chi connectivity index (χ0v) is 18.9. The van der Waals surface area contributed by atoms with Crippen molar-refractivity contribution in [1.29, 1.82) is 0 Å². The van der Waals surface area contributed by atoms with E-state index >= 15 is 0 Å². The molecule has 0 spiro atoms. The Bertz CT molecular complexity index is 1220. The van der Waals surface area contributed by atoms with Gasteiger partial charge in [-0.1, -0.05) is 6.07 Å². The number of carboxylic acid groups (broad SMARTS) is 1. The average molecular weight is 487 g/mol. The molecule has 1 aliphatic rings. The molecule has 0 aliphatic heterocycles. The van der Waals surface area contributed by atoms with Gasteiger partial charge in [-0.3, -0.25) is 9.59 Å². The number of halogens is 2. The molecule has 1 N–H and O–H groups in total. The van der Waals surface area contributed by atoms with Crippen molar-refractivity contribution in [2.75, 3.05) is 7.11 Å². The molecular weight excluding hydrogens is 464 g/mol. The number of methoxy groups -OCH3 is 1. The number of aromatic nitrogens is 3. The highest BCUT2D eigenvalue weighted by Gasteiger charge is 2.27. The van der Waals surface area contributed by atoms with E-state index in [9.17, 15) is 18.4 Å². The molecule has 9 nitrogen and oxygen atoms in total. The number of benzene rings is 1. The lowest BCUT2D eigenvalue weighted by molar-refractivity contribution is -0.143. The zero-order valence-electron chi connectivity index (χ0n) is 18.9. The van der Waals surface area contributed by atoms with Crippen molar-refractivity contribution in [2.45, 2.75) is 44.6 Å². The first-order chi connectivity index (χ1) is 16.8. The van der Waals surface area contributed by atoms with Crippen LogP contribution in [0.3, 0.4) is 0 Å². The summed E-state index contributed by atoms with van der Waals surface area (Å²) in [5.74, 6) is -2.95. The van der Waals surface area contributed by atoms with Crippen LogP contribution in [0, 0.1) is 17.6 Å². The van der Waals surface area contributed by atoms with Gasteiger partial charge in [0.25, 0.3) is 5.89 Å². The van der Waals surface area contributed by atoms with E-state index in [0.717, 1.165) is 12.1 Å². The summed E-state index contributed by atoms with van der Waals surface area (Å²) >= 11 is 0. The number of aliphatic carboxylic acids is 1. The highest BCUT2D eigenvalue weighted by atomic mass is 19.2. The first-order valence-electron chi connectivity index (χ1n) is 11.0. The number of carboxylic acids is 1. The predicted molar refractivity (Wildman–Crippen MR) is 116 cm³/mol. The Morgan fingerprint density at radius 1 is 1.11 bits per heavy atom. The molecule has 184 valence electrons. The lowest BCUT2D eigenvalue weighted by Crippen LogP contribution is -2.28. The van der Waals surface area contributed by atoms with Crippen LogP contribution >= 0.6 is 0 Å². The molecule has 1 saturated carbocycles. The molecule has 1 aromatic carbocycles. The summed E-state index contributed by atoms with van der Waals surface area (Å²) in [5, 5.41) is 16.7. The van der Waals surface area contributed by atoms with Crippen LogP contribution in [0.15, 0.2) is 34.9 Å². The number of carbonyl (C=O) groups excluding carboxylic acids is 1. The second-order valence-corrected chi connectivity index (χ2v) is 8.29. The second kappa shape index (κ2) is 10.6. The largest absolute Gasteiger partial charge is 0.496 e. The highest BCUT2D eigenvalue weighted by molar-refractivity contribution is 5.93. The molecule has 3 aromatic rings. The van der Waals surface area contributed by atoms with Crippen molar-refractivity contribution in [2.24, 2.45) is 5.92 Å². The van der Waals surface area contributed by atoms with E-state index in [2.05, 4.69) is 15.2 Å². The molecule has 0 atom stereocenters. The van der Waals surface area contributed by atoms with Crippen molar-refractivity contribution in [3.63, 3.8) is 0 Å². The number of rotatable bonds is 9. The van der Waals surface area contributed by atoms with Crippen molar-refractivity contribution in [3.8, 4) is 11.6 Å². The van der Waals surface area contributed by atoms with E-state index in [1.807, 2.05) is 0 Å². The van der Waals surface area contributed by atoms with E-state index in [-0.39, 0.29) is 36.6 Å². The zero-order chi connectivity index (χ0) is 24.9. The van der Waals surface area contributed by atoms with Crippen LogP contribution in [0.25, 0.3) is 0 Å². The van der Waals surface area contributed by atoms with Crippen molar-refractivity contribution >= 4 is 11.8 Å². The van der Waals surface area contributed by atoms with E-state index < -0.39 is 23.4 Å². The third-order valence-corrected chi connectivity index (χ3v) is 5.85. The Morgan fingerprint density at radius 2 is 1.89 bits per heavy atom. The SMILES string of the molecule is COc1cc(OC2CCC(C(=O)O)CC2)ncc1CC(=O)c1nnc(Cc2ccc(F)c(F)c2)o1. The molecular formula is C24H23F2N3O6. The Labute approximate surface area is 199 Å². The Balaban J connectivity index is 1.37. The number of Topliss-reactive ketones (excluding diaryl/α,β-unsaturated/α-hetero) is 1. The minimum Gasteiger partial charge on any atom is -0.496 e. The van der Waals surface area contributed by atoms with Crippen molar-refractivity contribution < 1.29 is 37.4 Å². The van der Waals surface area contributed by atoms with Gasteiger partial charge in [0, 0.05) is 24.2 Å². The number of hydrogen-bond acceptors (Lipinski definition) is 8. The minimum absolute atomic E-state index is 0.0444. The molecule has 35 heavy (non-hydrogen) atoms. The minimum atomic E-state index is -0.988. The normalized spacial score (nSPS) is 17.7. The van der Waals surface area contributed by atoms with Gasteiger partial charge in [-0.2, -0.15) is 0 Å². The fraction of sp³-hybridized carbons (Fsp3) is 0.375. The van der Waals surface area contributed by atoms with Gasteiger partial charge >= 0.3 is 5.97 Å². The summed E-state index contributed by atoms with van der Waals surface area (Å²) in [6.45, 7) is 0. The van der Waals surface area contributed by atoms with Crippen molar-refractivity contribution in [1.82, 2.24) is 15.2 Å². The molecule has 11 heteroatoms. The topological polar surface area (TPSA) is 125 Å². The fourth-order valence-electron chi connectivity index (χ4n) is 3.94. The summed E-state index contributed by atoms with van der Waals surface area (Å²) < 4.78 is 43.1. The molecule has 2 aromatic heterocycles. The first-order valence-corrected chi connectivity index (χ1v) is 11.0. The Hall–Kier alpha value is -3.89. The summed E-state index contributed by atoms with van der Waals surface area (Å²) in [4.78, 5) is 28.0. The molecule has 0 bridgehead atoms. The van der Waals surface area contributed by atoms with Gasteiger partial charge in [0.05, 0.1) is 19.4 Å². The van der Waals surface area contributed by atoms with E-state index in [4.69, 9.17) is 19.0 Å². The van der Waals surface area contributed by atoms with Crippen LogP contribution in [0.5, 0.6) is 11.6 Å². The molecule has 0 saturated heterocycles. The molecule has 1 aliphatic carbocycles. The molecule has 2 heterocycles. The predicted octanol–water partition coefficient (Wildman–Crippen LogP) is 3.79. The number of ketones is 1.